The molecule has 3 heterocycles. The van der Waals surface area contributed by atoms with Crippen LogP contribution in [-0.4, -0.2) is 55.9 Å². The van der Waals surface area contributed by atoms with Gasteiger partial charge in [0.15, 0.2) is 16.7 Å². The van der Waals surface area contributed by atoms with Gasteiger partial charge in [-0.1, -0.05) is 48.2 Å². The molecule has 2 atom stereocenters. The summed E-state index contributed by atoms with van der Waals surface area (Å²) < 4.78 is 53.1. The zero-order chi connectivity index (χ0) is 26.9. The van der Waals surface area contributed by atoms with Gasteiger partial charge in [0, 0.05) is 18.7 Å². The van der Waals surface area contributed by atoms with E-state index in [0.29, 0.717) is 29.6 Å². The van der Waals surface area contributed by atoms with E-state index in [1.54, 1.807) is 15.5 Å². The fourth-order valence-corrected chi connectivity index (χ4v) is 5.10. The highest BCUT2D eigenvalue weighted by atomic mass is 32.2. The van der Waals surface area contributed by atoms with Crippen LogP contribution in [0, 0.1) is 0 Å². The maximum atomic E-state index is 13.4. The topological polar surface area (TPSA) is 86.3 Å². The van der Waals surface area contributed by atoms with Gasteiger partial charge >= 0.3 is 6.18 Å². The molecular weight excluding hydrogens is 519 g/mol. The molecule has 1 amide bonds. The second-order valence-corrected chi connectivity index (χ2v) is 9.88. The molecule has 12 heteroatoms. The summed E-state index contributed by atoms with van der Waals surface area (Å²) in [5.74, 6) is 0.624. The van der Waals surface area contributed by atoms with Gasteiger partial charge in [0.2, 0.25) is 5.89 Å². The lowest BCUT2D eigenvalue weighted by Gasteiger charge is -2.34. The molecule has 2 aromatic heterocycles. The van der Waals surface area contributed by atoms with Gasteiger partial charge in [0.25, 0.3) is 5.91 Å². The molecule has 2 aromatic carbocycles. The van der Waals surface area contributed by atoms with Crippen molar-refractivity contribution < 1.29 is 27.1 Å². The molecule has 4 aromatic rings. The number of halogens is 3. The third-order valence-electron chi connectivity index (χ3n) is 5.90. The van der Waals surface area contributed by atoms with Crippen molar-refractivity contribution in [1.82, 2.24) is 24.6 Å². The Morgan fingerprint density at radius 3 is 2.50 bits per heavy atom. The molecule has 2 unspecified atom stereocenters. The second kappa shape index (κ2) is 10.6. The largest absolute Gasteiger partial charge is 0.447 e. The molecule has 0 radical (unpaired) electrons. The van der Waals surface area contributed by atoms with Crippen LogP contribution in [0.15, 0.2) is 70.4 Å². The lowest BCUT2D eigenvalue weighted by atomic mass is 10.1. The van der Waals surface area contributed by atoms with E-state index in [1.165, 1.54) is 24.1 Å². The van der Waals surface area contributed by atoms with Crippen molar-refractivity contribution in [3.63, 3.8) is 0 Å². The van der Waals surface area contributed by atoms with Crippen LogP contribution < -0.4 is 0 Å². The van der Waals surface area contributed by atoms with E-state index in [0.717, 1.165) is 12.1 Å². The minimum atomic E-state index is -4.50. The summed E-state index contributed by atoms with van der Waals surface area (Å²) >= 11 is 1.19. The van der Waals surface area contributed by atoms with Gasteiger partial charge in [-0.15, -0.1) is 10.2 Å². The molecule has 0 N–H and O–H groups in total. The molecule has 5 rings (SSSR count). The first-order chi connectivity index (χ1) is 18.2. The molecule has 0 bridgehead atoms. The normalized spacial score (nSPS) is 18.1. The number of alkyl halides is 3. The Morgan fingerprint density at radius 1 is 1.05 bits per heavy atom. The Kier molecular flexibility index (Phi) is 7.26. The molecule has 0 saturated carbocycles. The third-order valence-corrected chi connectivity index (χ3v) is 6.81. The zero-order valence-corrected chi connectivity index (χ0v) is 21.4. The van der Waals surface area contributed by atoms with Crippen molar-refractivity contribution in [3.05, 3.63) is 78.0 Å². The number of ether oxygens (including phenoxy) is 1. The highest BCUT2D eigenvalue weighted by molar-refractivity contribution is 7.98. The fourth-order valence-electron chi connectivity index (χ4n) is 4.30. The van der Waals surface area contributed by atoms with Gasteiger partial charge in [0.05, 0.1) is 29.2 Å². The molecule has 1 aliphatic heterocycles. The van der Waals surface area contributed by atoms with Gasteiger partial charge in [-0.05, 0) is 32.0 Å². The summed E-state index contributed by atoms with van der Waals surface area (Å²) in [5.41, 5.74) is 0.375. The SMILES string of the molecule is CC1CN(C(=O)c2coc(CSc3nnc(-c4ccccc4)n3-c3cccc(C(F)(F)F)c3)n2)CC(C)O1. The summed E-state index contributed by atoms with van der Waals surface area (Å²) in [7, 11) is 0. The van der Waals surface area contributed by atoms with Crippen LogP contribution >= 0.6 is 11.8 Å². The summed E-state index contributed by atoms with van der Waals surface area (Å²) in [5, 5.41) is 8.86. The minimum absolute atomic E-state index is 0.0781. The number of amides is 1. The maximum Gasteiger partial charge on any atom is 0.416 e. The van der Waals surface area contributed by atoms with Crippen LogP contribution in [0.4, 0.5) is 13.2 Å². The van der Waals surface area contributed by atoms with Gasteiger partial charge < -0.3 is 14.1 Å². The van der Waals surface area contributed by atoms with E-state index < -0.39 is 11.7 Å². The lowest BCUT2D eigenvalue weighted by Crippen LogP contribution is -2.48. The standard InChI is InChI=1S/C26H24F3N5O3S/c1-16-12-33(13-17(2)37-16)24(35)21-14-36-22(30-21)15-38-25-32-31-23(18-7-4-3-5-8-18)34(25)20-10-6-9-19(11-20)26(27,28)29/h3-11,14,16-17H,12-13,15H2,1-2H3. The van der Waals surface area contributed by atoms with E-state index in [1.807, 2.05) is 44.2 Å². The van der Waals surface area contributed by atoms with E-state index in [9.17, 15) is 18.0 Å². The monoisotopic (exact) mass is 543 g/mol. The Hall–Kier alpha value is -3.64. The predicted molar refractivity (Wildman–Crippen MR) is 134 cm³/mol. The summed E-state index contributed by atoms with van der Waals surface area (Å²) in [6, 6.07) is 14.1. The van der Waals surface area contributed by atoms with E-state index in [2.05, 4.69) is 15.2 Å². The lowest BCUT2D eigenvalue weighted by molar-refractivity contribution is -0.137. The van der Waals surface area contributed by atoms with Crippen molar-refractivity contribution in [2.45, 2.75) is 43.1 Å². The number of aromatic nitrogens is 4. The van der Waals surface area contributed by atoms with Crippen LogP contribution in [0.25, 0.3) is 17.1 Å². The fraction of sp³-hybridized carbons (Fsp3) is 0.308. The Labute approximate surface area is 220 Å². The van der Waals surface area contributed by atoms with Crippen LogP contribution in [0.3, 0.4) is 0 Å². The molecular formula is C26H24F3N5O3S. The average Bonchev–Trinajstić information content (AvgIpc) is 3.54. The number of carbonyl (C=O) groups excluding carboxylic acids is 1. The Balaban J connectivity index is 1.40. The highest BCUT2D eigenvalue weighted by Gasteiger charge is 2.31. The number of nitrogens with zero attached hydrogens (tertiary/aromatic N) is 5. The molecule has 38 heavy (non-hydrogen) atoms. The van der Waals surface area contributed by atoms with Crippen molar-refractivity contribution in [3.8, 4) is 17.1 Å². The molecule has 1 aliphatic rings. The second-order valence-electron chi connectivity index (χ2n) is 8.94. The molecule has 198 valence electrons. The number of morpholine rings is 1. The third kappa shape index (κ3) is 5.60. The van der Waals surface area contributed by atoms with Gasteiger partial charge in [0.1, 0.15) is 6.26 Å². The van der Waals surface area contributed by atoms with E-state index in [4.69, 9.17) is 9.15 Å². The summed E-state index contributed by atoms with van der Waals surface area (Å²) in [4.78, 5) is 18.9. The van der Waals surface area contributed by atoms with Crippen molar-refractivity contribution >= 4 is 17.7 Å². The van der Waals surface area contributed by atoms with Crippen molar-refractivity contribution in [1.29, 1.82) is 0 Å². The molecule has 0 aliphatic carbocycles. The first kappa shape index (κ1) is 26.0. The van der Waals surface area contributed by atoms with Crippen LogP contribution in [0.5, 0.6) is 0 Å². The molecule has 8 nitrogen and oxygen atoms in total. The molecule has 0 spiro atoms. The highest BCUT2D eigenvalue weighted by Crippen LogP contribution is 2.34. The molecule has 1 saturated heterocycles. The number of oxazole rings is 1. The van der Waals surface area contributed by atoms with E-state index in [-0.39, 0.29) is 41.1 Å². The number of benzene rings is 2. The van der Waals surface area contributed by atoms with Crippen LogP contribution in [0.1, 0.15) is 35.8 Å². The number of rotatable bonds is 6. The summed E-state index contributed by atoms with van der Waals surface area (Å²) in [6.07, 6.45) is -3.34. The van der Waals surface area contributed by atoms with Gasteiger partial charge in [-0.25, -0.2) is 4.98 Å². The van der Waals surface area contributed by atoms with Gasteiger partial charge in [-0.3, -0.25) is 9.36 Å². The Bertz CT molecular complexity index is 1410. The van der Waals surface area contributed by atoms with Crippen molar-refractivity contribution in [2.24, 2.45) is 0 Å². The average molecular weight is 544 g/mol. The summed E-state index contributed by atoms with van der Waals surface area (Å²) in [6.45, 7) is 4.74. The predicted octanol–water partition coefficient (Wildman–Crippen LogP) is 5.48. The van der Waals surface area contributed by atoms with Crippen LogP contribution in [-0.2, 0) is 16.7 Å². The maximum absolute atomic E-state index is 13.4. The first-order valence-electron chi connectivity index (χ1n) is 11.9. The number of hydrogen-bond acceptors (Lipinski definition) is 7. The zero-order valence-electron chi connectivity index (χ0n) is 20.6. The number of hydrogen-bond donors (Lipinski definition) is 0. The van der Waals surface area contributed by atoms with Crippen LogP contribution in [0.2, 0.25) is 0 Å². The minimum Gasteiger partial charge on any atom is -0.447 e. The number of carbonyl (C=O) groups is 1. The number of thioether (sulfide) groups is 1. The quantitative estimate of drug-likeness (QED) is 0.298. The van der Waals surface area contributed by atoms with E-state index >= 15 is 0 Å². The first-order valence-corrected chi connectivity index (χ1v) is 12.9. The Morgan fingerprint density at radius 2 is 1.79 bits per heavy atom. The molecule has 1 fully saturated rings. The smallest absolute Gasteiger partial charge is 0.416 e. The van der Waals surface area contributed by atoms with Crippen molar-refractivity contribution in [2.75, 3.05) is 13.1 Å². The van der Waals surface area contributed by atoms with Gasteiger partial charge in [-0.2, -0.15) is 13.2 Å².